The molecule has 2 rings (SSSR count). The van der Waals surface area contributed by atoms with Crippen LogP contribution in [0.25, 0.3) is 0 Å². The lowest BCUT2D eigenvalue weighted by Gasteiger charge is -2.13. The predicted molar refractivity (Wildman–Crippen MR) is 79.3 cm³/mol. The largest absolute Gasteiger partial charge is 0.322 e. The Kier molecular flexibility index (Phi) is 3.39. The Morgan fingerprint density at radius 1 is 1.50 bits per heavy atom. The van der Waals surface area contributed by atoms with E-state index in [0.717, 1.165) is 30.0 Å². The van der Waals surface area contributed by atoms with Gasteiger partial charge in [-0.1, -0.05) is 31.9 Å². The molecule has 0 spiro atoms. The lowest BCUT2D eigenvalue weighted by molar-refractivity contribution is -0.120. The summed E-state index contributed by atoms with van der Waals surface area (Å²) in [4.78, 5) is 12.3. The maximum Gasteiger partial charge on any atom is 0.232 e. The molecule has 1 aliphatic carbocycles. The number of amides is 1. The number of alkyl halides is 2. The molecule has 100 valence electrons. The van der Waals surface area contributed by atoms with Gasteiger partial charge in [0.15, 0.2) is 0 Å². The number of nitrogens with one attached hydrogen (secondary N) is 1. The Hall–Kier alpha value is -0.360. The van der Waals surface area contributed by atoms with E-state index in [1.807, 2.05) is 32.4 Å². The van der Waals surface area contributed by atoms with Crippen molar-refractivity contribution < 1.29 is 4.79 Å². The third-order valence-corrected chi connectivity index (χ3v) is 5.99. The topological polar surface area (TPSA) is 46.9 Å². The molecule has 0 aromatic carbocycles. The van der Waals surface area contributed by atoms with Gasteiger partial charge in [-0.2, -0.15) is 5.10 Å². The second kappa shape index (κ2) is 4.34. The summed E-state index contributed by atoms with van der Waals surface area (Å²) in [6, 6.07) is 0. The number of nitrogens with zero attached hydrogens (tertiary/aromatic N) is 2. The van der Waals surface area contributed by atoms with Crippen LogP contribution in [-0.2, 0) is 11.3 Å². The zero-order valence-corrected chi connectivity index (χ0v) is 14.1. The van der Waals surface area contributed by atoms with Crippen LogP contribution < -0.4 is 5.32 Å². The maximum atomic E-state index is 12.3. The highest BCUT2D eigenvalue weighted by molar-refractivity contribution is 9.25. The summed E-state index contributed by atoms with van der Waals surface area (Å²) in [5.74, 6) is 0.0260. The zero-order chi connectivity index (χ0) is 13.7. The Morgan fingerprint density at radius 2 is 2.06 bits per heavy atom. The molecular formula is C12H17Br2N3O. The third kappa shape index (κ3) is 2.03. The van der Waals surface area contributed by atoms with Crippen LogP contribution in [-0.4, -0.2) is 18.9 Å². The fourth-order valence-electron chi connectivity index (χ4n) is 2.08. The molecule has 1 fully saturated rings. The molecule has 0 radical (unpaired) electrons. The van der Waals surface area contributed by atoms with Crippen LogP contribution in [0.4, 0.5) is 5.69 Å². The van der Waals surface area contributed by atoms with Gasteiger partial charge >= 0.3 is 0 Å². The fourth-order valence-corrected chi connectivity index (χ4v) is 3.56. The second-order valence-corrected chi connectivity index (χ2v) is 8.80. The van der Waals surface area contributed by atoms with Gasteiger partial charge in [0.2, 0.25) is 5.91 Å². The highest BCUT2D eigenvalue weighted by atomic mass is 79.9. The van der Waals surface area contributed by atoms with Crippen molar-refractivity contribution in [1.29, 1.82) is 0 Å². The van der Waals surface area contributed by atoms with Crippen LogP contribution in [0.5, 0.6) is 0 Å². The lowest BCUT2D eigenvalue weighted by Crippen LogP contribution is -2.26. The Balaban J connectivity index is 2.21. The highest BCUT2D eigenvalue weighted by Gasteiger charge is 2.66. The molecule has 1 saturated carbocycles. The van der Waals surface area contributed by atoms with Gasteiger partial charge in [0, 0.05) is 6.54 Å². The van der Waals surface area contributed by atoms with Crippen molar-refractivity contribution in [1.82, 2.24) is 9.78 Å². The van der Waals surface area contributed by atoms with E-state index >= 15 is 0 Å². The second-order valence-electron chi connectivity index (χ2n) is 5.03. The minimum Gasteiger partial charge on any atom is -0.322 e. The molecule has 0 saturated heterocycles. The van der Waals surface area contributed by atoms with Gasteiger partial charge in [0.05, 0.1) is 25.7 Å². The summed E-state index contributed by atoms with van der Waals surface area (Å²) >= 11 is 7.03. The zero-order valence-electron chi connectivity index (χ0n) is 11.0. The SMILES string of the molecule is CCn1nc(C)c(NC(=O)[C@]2(C)CC2(Br)Br)c1C. The number of hydrogen-bond acceptors (Lipinski definition) is 2. The molecule has 1 N–H and O–H groups in total. The maximum absolute atomic E-state index is 12.3. The number of hydrogen-bond donors (Lipinski definition) is 1. The molecule has 4 nitrogen and oxygen atoms in total. The summed E-state index contributed by atoms with van der Waals surface area (Å²) < 4.78 is 1.63. The first kappa shape index (κ1) is 14.1. The van der Waals surface area contributed by atoms with Gasteiger partial charge in [-0.05, 0) is 34.1 Å². The number of aromatic nitrogens is 2. The van der Waals surface area contributed by atoms with E-state index in [9.17, 15) is 4.79 Å². The Morgan fingerprint density at radius 3 is 2.44 bits per heavy atom. The molecule has 1 aromatic heterocycles. The van der Waals surface area contributed by atoms with Crippen molar-refractivity contribution in [2.24, 2.45) is 5.41 Å². The van der Waals surface area contributed by atoms with E-state index < -0.39 is 5.41 Å². The lowest BCUT2D eigenvalue weighted by atomic mass is 10.1. The van der Waals surface area contributed by atoms with Crippen molar-refractivity contribution in [3.63, 3.8) is 0 Å². The average molecular weight is 379 g/mol. The van der Waals surface area contributed by atoms with E-state index in [1.165, 1.54) is 0 Å². The van der Waals surface area contributed by atoms with Crippen molar-refractivity contribution in [3.8, 4) is 0 Å². The number of carbonyl (C=O) groups excluding carboxylic acids is 1. The van der Waals surface area contributed by atoms with Crippen molar-refractivity contribution in [2.75, 3.05) is 5.32 Å². The van der Waals surface area contributed by atoms with Crippen LogP contribution in [0, 0.1) is 19.3 Å². The quantitative estimate of drug-likeness (QED) is 0.819. The molecule has 1 aliphatic rings. The Labute approximate surface area is 124 Å². The molecule has 1 amide bonds. The Bertz CT molecular complexity index is 510. The van der Waals surface area contributed by atoms with Gasteiger partial charge in [0.1, 0.15) is 0 Å². The van der Waals surface area contributed by atoms with Gasteiger partial charge < -0.3 is 5.32 Å². The first-order valence-corrected chi connectivity index (χ1v) is 7.55. The minimum atomic E-state index is -0.403. The van der Waals surface area contributed by atoms with E-state index in [-0.39, 0.29) is 9.14 Å². The minimum absolute atomic E-state index is 0.0260. The van der Waals surface area contributed by atoms with E-state index in [2.05, 4.69) is 42.3 Å². The monoisotopic (exact) mass is 377 g/mol. The molecule has 6 heteroatoms. The van der Waals surface area contributed by atoms with Crippen LogP contribution in [0.1, 0.15) is 31.7 Å². The molecule has 0 unspecified atom stereocenters. The first-order valence-electron chi connectivity index (χ1n) is 5.96. The smallest absolute Gasteiger partial charge is 0.232 e. The number of carbonyl (C=O) groups is 1. The molecule has 0 aliphatic heterocycles. The molecule has 1 heterocycles. The molecule has 1 atom stereocenters. The number of aryl methyl sites for hydroxylation is 2. The van der Waals surface area contributed by atoms with Gasteiger partial charge in [0.25, 0.3) is 0 Å². The summed E-state index contributed by atoms with van der Waals surface area (Å²) in [6.07, 6.45) is 0.784. The number of halogens is 2. The normalized spacial score (nSPS) is 25.0. The number of anilines is 1. The van der Waals surface area contributed by atoms with Crippen LogP contribution in [0.3, 0.4) is 0 Å². The van der Waals surface area contributed by atoms with Gasteiger partial charge in [-0.15, -0.1) is 0 Å². The van der Waals surface area contributed by atoms with Crippen molar-refractivity contribution >= 4 is 43.5 Å². The van der Waals surface area contributed by atoms with Crippen LogP contribution in [0.2, 0.25) is 0 Å². The van der Waals surface area contributed by atoms with Crippen LogP contribution >= 0.6 is 31.9 Å². The average Bonchev–Trinajstić information content (AvgIpc) is 2.69. The third-order valence-electron chi connectivity index (χ3n) is 3.68. The van der Waals surface area contributed by atoms with Gasteiger partial charge in [-0.3, -0.25) is 9.48 Å². The molecule has 1 aromatic rings. The summed E-state index contributed by atoms with van der Waals surface area (Å²) in [5, 5.41) is 7.41. The summed E-state index contributed by atoms with van der Waals surface area (Å²) in [7, 11) is 0. The molecule has 0 bridgehead atoms. The van der Waals surface area contributed by atoms with Crippen molar-refractivity contribution in [3.05, 3.63) is 11.4 Å². The summed E-state index contributed by atoms with van der Waals surface area (Å²) in [6.45, 7) is 8.68. The van der Waals surface area contributed by atoms with E-state index in [1.54, 1.807) is 0 Å². The molecular weight excluding hydrogens is 362 g/mol. The fraction of sp³-hybridized carbons (Fsp3) is 0.667. The first-order chi connectivity index (χ1) is 8.23. The van der Waals surface area contributed by atoms with Gasteiger partial charge in [-0.25, -0.2) is 0 Å². The predicted octanol–water partition coefficient (Wildman–Crippen LogP) is 3.35. The molecule has 18 heavy (non-hydrogen) atoms. The van der Waals surface area contributed by atoms with Crippen LogP contribution in [0.15, 0.2) is 0 Å². The van der Waals surface area contributed by atoms with Crippen molar-refractivity contribution in [2.45, 2.75) is 43.9 Å². The van der Waals surface area contributed by atoms with E-state index in [4.69, 9.17) is 0 Å². The summed E-state index contributed by atoms with van der Waals surface area (Å²) in [5.41, 5.74) is 2.30. The number of rotatable bonds is 3. The standard InChI is InChI=1S/C12H17Br2N3O/c1-5-17-8(3)9(7(2)16-17)15-10(18)11(4)6-12(11,13)14/h5-6H2,1-4H3,(H,15,18)/t11-/m0/s1. The highest BCUT2D eigenvalue weighted by Crippen LogP contribution is 2.66. The van der Waals surface area contributed by atoms with E-state index in [0.29, 0.717) is 0 Å².